The zero-order valence-corrected chi connectivity index (χ0v) is 19.9. The van der Waals surface area contributed by atoms with Crippen LogP contribution in [0, 0.1) is 0 Å². The van der Waals surface area contributed by atoms with E-state index in [0.29, 0.717) is 18.8 Å². The van der Waals surface area contributed by atoms with Gasteiger partial charge < -0.3 is 15.0 Å². The lowest BCUT2D eigenvalue weighted by Gasteiger charge is -2.27. The van der Waals surface area contributed by atoms with Crippen molar-refractivity contribution in [2.45, 2.75) is 35.5 Å². The number of carbonyl (C=O) groups is 1. The smallest absolute Gasteiger partial charge is 0.246 e. The number of para-hydroxylation sites is 1. The predicted octanol–water partition coefficient (Wildman–Crippen LogP) is 3.81. The van der Waals surface area contributed by atoms with Crippen molar-refractivity contribution in [2.75, 3.05) is 49.3 Å². The van der Waals surface area contributed by atoms with E-state index in [9.17, 15) is 13.2 Å². The average molecular weight is 476 g/mol. The fourth-order valence-electron chi connectivity index (χ4n) is 4.14. The van der Waals surface area contributed by atoms with Gasteiger partial charge in [0, 0.05) is 30.2 Å². The van der Waals surface area contributed by atoms with Gasteiger partial charge in [-0.15, -0.1) is 11.8 Å². The van der Waals surface area contributed by atoms with Crippen molar-refractivity contribution in [2.24, 2.45) is 0 Å². The molecular weight excluding hydrogens is 446 g/mol. The number of piperidine rings is 1. The fourth-order valence-corrected chi connectivity index (χ4v) is 6.85. The number of rotatable bonds is 6. The summed E-state index contributed by atoms with van der Waals surface area (Å²) in [6.45, 7) is 2.02. The lowest BCUT2D eigenvalue weighted by Crippen LogP contribution is -2.36. The summed E-state index contributed by atoms with van der Waals surface area (Å²) in [5, 5.41) is 2.88. The maximum atomic E-state index is 13.2. The van der Waals surface area contributed by atoms with Gasteiger partial charge in [-0.25, -0.2) is 8.42 Å². The maximum Gasteiger partial charge on any atom is 0.246 e. The van der Waals surface area contributed by atoms with Gasteiger partial charge in [0.2, 0.25) is 15.9 Å². The molecule has 1 N–H and O–H groups in total. The standard InChI is InChI=1S/C23H29N3O4S2/c1-30-20-11-10-18(16-22(20)32(28,29)26-13-5-2-6-14-26)24-23(27)17-25-12-7-15-31-21-9-4-3-8-19(21)25/h3-4,8-11,16H,2,5-7,12-15,17H2,1H3,(H,24,27). The molecule has 2 heterocycles. The number of hydrogen-bond acceptors (Lipinski definition) is 6. The van der Waals surface area contributed by atoms with Crippen LogP contribution in [0.1, 0.15) is 25.7 Å². The Balaban J connectivity index is 1.52. The third-order valence-electron chi connectivity index (χ3n) is 5.75. The van der Waals surface area contributed by atoms with Crippen LogP contribution < -0.4 is 15.0 Å². The number of thioether (sulfide) groups is 1. The van der Waals surface area contributed by atoms with Gasteiger partial charge in [-0.3, -0.25) is 4.79 Å². The SMILES string of the molecule is COc1ccc(NC(=O)CN2CCCSc3ccccc32)cc1S(=O)(=O)N1CCCCC1. The highest BCUT2D eigenvalue weighted by Gasteiger charge is 2.29. The molecule has 2 aliphatic rings. The Kier molecular flexibility index (Phi) is 7.27. The largest absolute Gasteiger partial charge is 0.495 e. The molecule has 2 aliphatic heterocycles. The Morgan fingerprint density at radius 3 is 2.62 bits per heavy atom. The van der Waals surface area contributed by atoms with Crippen LogP contribution in [0.15, 0.2) is 52.3 Å². The highest BCUT2D eigenvalue weighted by molar-refractivity contribution is 7.99. The van der Waals surface area contributed by atoms with Crippen LogP contribution in [0.3, 0.4) is 0 Å². The molecule has 1 fully saturated rings. The van der Waals surface area contributed by atoms with Gasteiger partial charge in [-0.2, -0.15) is 4.31 Å². The normalized spacial score (nSPS) is 17.3. The summed E-state index contributed by atoms with van der Waals surface area (Å²) in [6, 6.07) is 12.9. The van der Waals surface area contributed by atoms with E-state index in [2.05, 4.69) is 16.3 Å². The third kappa shape index (κ3) is 5.05. The van der Waals surface area contributed by atoms with E-state index in [-0.39, 0.29) is 23.1 Å². The topological polar surface area (TPSA) is 79.0 Å². The van der Waals surface area contributed by atoms with Gasteiger partial charge >= 0.3 is 0 Å². The van der Waals surface area contributed by atoms with Crippen molar-refractivity contribution in [3.05, 3.63) is 42.5 Å². The molecule has 0 unspecified atom stereocenters. The van der Waals surface area contributed by atoms with E-state index in [1.165, 1.54) is 22.4 Å². The summed E-state index contributed by atoms with van der Waals surface area (Å²) in [5.74, 6) is 1.12. The highest BCUT2D eigenvalue weighted by atomic mass is 32.2. The van der Waals surface area contributed by atoms with E-state index in [1.54, 1.807) is 12.1 Å². The number of nitrogens with zero attached hydrogens (tertiary/aromatic N) is 2. The second-order valence-electron chi connectivity index (χ2n) is 7.97. The molecule has 1 amide bonds. The van der Waals surface area contributed by atoms with Gasteiger partial charge in [0.1, 0.15) is 10.6 Å². The Labute approximate surface area is 194 Å². The first-order valence-corrected chi connectivity index (χ1v) is 13.4. The predicted molar refractivity (Wildman–Crippen MR) is 128 cm³/mol. The molecule has 32 heavy (non-hydrogen) atoms. The van der Waals surface area contributed by atoms with Crippen LogP contribution >= 0.6 is 11.8 Å². The second-order valence-corrected chi connectivity index (χ2v) is 11.0. The first kappa shape index (κ1) is 22.9. The monoisotopic (exact) mass is 475 g/mol. The molecule has 0 aliphatic carbocycles. The molecular formula is C23H29N3O4S2. The van der Waals surface area contributed by atoms with Gasteiger partial charge in [0.15, 0.2) is 0 Å². The van der Waals surface area contributed by atoms with Crippen LogP contribution in [-0.2, 0) is 14.8 Å². The number of hydrogen-bond donors (Lipinski definition) is 1. The van der Waals surface area contributed by atoms with Crippen LogP contribution in [0.4, 0.5) is 11.4 Å². The zero-order chi connectivity index (χ0) is 22.6. The van der Waals surface area contributed by atoms with Crippen molar-refractivity contribution >= 4 is 39.1 Å². The van der Waals surface area contributed by atoms with Crippen LogP contribution in [0.2, 0.25) is 0 Å². The molecule has 7 nitrogen and oxygen atoms in total. The lowest BCUT2D eigenvalue weighted by molar-refractivity contribution is -0.115. The van der Waals surface area contributed by atoms with E-state index in [4.69, 9.17) is 4.74 Å². The van der Waals surface area contributed by atoms with Crippen molar-refractivity contribution < 1.29 is 17.9 Å². The Morgan fingerprint density at radius 1 is 1.06 bits per heavy atom. The molecule has 0 aromatic heterocycles. The van der Waals surface area contributed by atoms with Crippen molar-refractivity contribution in [1.82, 2.24) is 4.31 Å². The fraction of sp³-hybridized carbons (Fsp3) is 0.435. The molecule has 2 aromatic rings. The van der Waals surface area contributed by atoms with Crippen LogP contribution in [-0.4, -0.2) is 57.7 Å². The Hall–Kier alpha value is -2.23. The highest BCUT2D eigenvalue weighted by Crippen LogP contribution is 2.34. The summed E-state index contributed by atoms with van der Waals surface area (Å²) < 4.78 is 33.3. The lowest BCUT2D eigenvalue weighted by atomic mass is 10.2. The van der Waals surface area contributed by atoms with Crippen molar-refractivity contribution in [3.8, 4) is 5.75 Å². The molecule has 9 heteroatoms. The van der Waals surface area contributed by atoms with Crippen LogP contribution in [0.25, 0.3) is 0 Å². The summed E-state index contributed by atoms with van der Waals surface area (Å²) in [6.07, 6.45) is 3.74. The number of sulfonamides is 1. The third-order valence-corrected chi connectivity index (χ3v) is 8.82. The Morgan fingerprint density at radius 2 is 1.84 bits per heavy atom. The van der Waals surface area contributed by atoms with Gasteiger partial charge in [-0.1, -0.05) is 18.6 Å². The number of fused-ring (bicyclic) bond motifs is 1. The van der Waals surface area contributed by atoms with Crippen LogP contribution in [0.5, 0.6) is 5.75 Å². The van der Waals surface area contributed by atoms with E-state index in [0.717, 1.165) is 43.7 Å². The minimum Gasteiger partial charge on any atom is -0.495 e. The second kappa shape index (κ2) is 10.1. The summed E-state index contributed by atoms with van der Waals surface area (Å²) in [4.78, 5) is 16.2. The van der Waals surface area contributed by atoms with E-state index < -0.39 is 10.0 Å². The minimum absolute atomic E-state index is 0.0937. The number of carbonyl (C=O) groups excluding carboxylic acids is 1. The number of nitrogens with one attached hydrogen (secondary N) is 1. The number of ether oxygens (including phenoxy) is 1. The Bertz CT molecular complexity index is 1070. The molecule has 0 radical (unpaired) electrons. The zero-order valence-electron chi connectivity index (χ0n) is 18.2. The van der Waals surface area contributed by atoms with Gasteiger partial charge in [0.25, 0.3) is 0 Å². The van der Waals surface area contributed by atoms with Gasteiger partial charge in [-0.05, 0) is 55.3 Å². The number of amides is 1. The number of methoxy groups -OCH3 is 1. The molecule has 172 valence electrons. The molecule has 4 rings (SSSR count). The van der Waals surface area contributed by atoms with Gasteiger partial charge in [0.05, 0.1) is 19.3 Å². The molecule has 1 saturated heterocycles. The summed E-state index contributed by atoms with van der Waals surface area (Å²) in [7, 11) is -2.24. The van der Waals surface area contributed by atoms with Crippen molar-refractivity contribution in [1.29, 1.82) is 0 Å². The molecule has 0 saturated carbocycles. The minimum atomic E-state index is -3.69. The number of anilines is 2. The average Bonchev–Trinajstić information content (AvgIpc) is 3.02. The molecule has 0 bridgehead atoms. The summed E-state index contributed by atoms with van der Waals surface area (Å²) in [5.41, 5.74) is 1.51. The maximum absolute atomic E-state index is 13.2. The van der Waals surface area contributed by atoms with Crippen molar-refractivity contribution in [3.63, 3.8) is 0 Å². The molecule has 0 atom stereocenters. The van der Waals surface area contributed by atoms with E-state index >= 15 is 0 Å². The molecule has 2 aromatic carbocycles. The first-order valence-electron chi connectivity index (χ1n) is 10.9. The summed E-state index contributed by atoms with van der Waals surface area (Å²) >= 11 is 1.81. The quantitative estimate of drug-likeness (QED) is 0.685. The van der Waals surface area contributed by atoms with E-state index in [1.807, 2.05) is 30.0 Å². The first-order chi connectivity index (χ1) is 15.5. The molecule has 0 spiro atoms. The number of benzene rings is 2.